The average molecular weight is 443 g/mol. The number of hydrogen-bond donors (Lipinski definition) is 2. The Hall–Kier alpha value is -4.33. The van der Waals surface area contributed by atoms with Crippen molar-refractivity contribution in [3.05, 3.63) is 94.8 Å². The van der Waals surface area contributed by atoms with Crippen LogP contribution in [0.5, 0.6) is 5.75 Å². The number of aromatic nitrogens is 2. The van der Waals surface area contributed by atoms with Gasteiger partial charge in [-0.1, -0.05) is 18.2 Å². The molecule has 5 rings (SSSR count). The summed E-state index contributed by atoms with van der Waals surface area (Å²) in [5.41, 5.74) is 2.96. The van der Waals surface area contributed by atoms with Gasteiger partial charge >= 0.3 is 0 Å². The second-order valence-electron chi connectivity index (χ2n) is 8.03. The molecule has 166 valence electrons. The number of ketones is 1. The van der Waals surface area contributed by atoms with Gasteiger partial charge in [-0.25, -0.2) is 4.98 Å². The van der Waals surface area contributed by atoms with E-state index in [1.165, 1.54) is 23.3 Å². The van der Waals surface area contributed by atoms with Gasteiger partial charge in [0, 0.05) is 6.20 Å². The van der Waals surface area contributed by atoms with Gasteiger partial charge in [0.15, 0.2) is 5.76 Å². The predicted octanol–water partition coefficient (Wildman–Crippen LogP) is 3.87. The van der Waals surface area contributed by atoms with E-state index in [-0.39, 0.29) is 29.3 Å². The van der Waals surface area contributed by atoms with Crippen molar-refractivity contribution in [1.29, 1.82) is 0 Å². The summed E-state index contributed by atoms with van der Waals surface area (Å²) in [6.45, 7) is 3.75. The summed E-state index contributed by atoms with van der Waals surface area (Å²) in [6, 6.07) is 12.5. The number of hydrogen-bond acceptors (Lipinski definition) is 6. The van der Waals surface area contributed by atoms with Crippen LogP contribution in [-0.4, -0.2) is 36.2 Å². The number of fused-ring (bicyclic) bond motifs is 1. The predicted molar refractivity (Wildman–Crippen MR) is 119 cm³/mol. The largest absolute Gasteiger partial charge is 0.508 e. The highest BCUT2D eigenvalue weighted by molar-refractivity contribution is 6.46. The van der Waals surface area contributed by atoms with Crippen molar-refractivity contribution >= 4 is 23.1 Å². The zero-order valence-electron chi connectivity index (χ0n) is 18.0. The van der Waals surface area contributed by atoms with Gasteiger partial charge in [0.05, 0.1) is 30.1 Å². The fourth-order valence-corrected chi connectivity index (χ4v) is 4.29. The van der Waals surface area contributed by atoms with Gasteiger partial charge in [0.1, 0.15) is 22.9 Å². The van der Waals surface area contributed by atoms with E-state index in [1.54, 1.807) is 31.2 Å². The van der Waals surface area contributed by atoms with Crippen molar-refractivity contribution in [2.24, 2.45) is 0 Å². The molecule has 33 heavy (non-hydrogen) atoms. The Morgan fingerprint density at radius 3 is 2.52 bits per heavy atom. The molecule has 8 nitrogen and oxygen atoms in total. The van der Waals surface area contributed by atoms with Crippen molar-refractivity contribution in [2.75, 3.05) is 0 Å². The SMILES string of the molecule is Cc1cccn2c(C)c(/C(O)=C3\C(=O)C(=O)N(Cc4ccco4)C3c3ccc(O)cc3)nc12. The van der Waals surface area contributed by atoms with Crippen molar-refractivity contribution in [2.45, 2.75) is 26.4 Å². The van der Waals surface area contributed by atoms with Crippen LogP contribution in [0.2, 0.25) is 0 Å². The van der Waals surface area contributed by atoms with Gasteiger partial charge in [0.25, 0.3) is 11.7 Å². The number of aliphatic hydroxyl groups excluding tert-OH is 1. The number of Topliss-reactive ketones (excluding diaryl/α,β-unsaturated/α-hetero) is 1. The minimum Gasteiger partial charge on any atom is -0.508 e. The minimum atomic E-state index is -0.874. The van der Waals surface area contributed by atoms with Crippen LogP contribution in [0.4, 0.5) is 0 Å². The number of rotatable bonds is 4. The first-order valence-electron chi connectivity index (χ1n) is 10.4. The second-order valence-corrected chi connectivity index (χ2v) is 8.03. The number of aromatic hydroxyl groups is 1. The Labute approximate surface area is 189 Å². The Bertz CT molecular complexity index is 1410. The molecule has 1 aliphatic heterocycles. The number of nitrogens with zero attached hydrogens (tertiary/aromatic N) is 3. The summed E-state index contributed by atoms with van der Waals surface area (Å²) in [5, 5.41) is 21.1. The molecule has 0 bridgehead atoms. The highest BCUT2D eigenvalue weighted by Gasteiger charge is 2.46. The summed E-state index contributed by atoms with van der Waals surface area (Å²) in [4.78, 5) is 32.2. The monoisotopic (exact) mass is 443 g/mol. The molecule has 1 atom stereocenters. The van der Waals surface area contributed by atoms with Crippen molar-refractivity contribution in [1.82, 2.24) is 14.3 Å². The molecular weight excluding hydrogens is 422 g/mol. The first-order valence-corrected chi connectivity index (χ1v) is 10.4. The molecule has 3 aromatic heterocycles. The zero-order chi connectivity index (χ0) is 23.3. The maximum absolute atomic E-state index is 13.2. The van der Waals surface area contributed by atoms with Gasteiger partial charge in [-0.05, 0) is 55.3 Å². The Kier molecular flexibility index (Phi) is 4.78. The van der Waals surface area contributed by atoms with E-state index in [4.69, 9.17) is 4.42 Å². The number of phenolic OH excluding ortho intramolecular Hbond substituents is 1. The number of phenols is 1. The van der Waals surface area contributed by atoms with Gasteiger partial charge in [-0.15, -0.1) is 0 Å². The first kappa shape index (κ1) is 20.6. The molecule has 0 radical (unpaired) electrons. The van der Waals surface area contributed by atoms with Gasteiger partial charge in [0.2, 0.25) is 0 Å². The number of benzene rings is 1. The van der Waals surface area contributed by atoms with Crippen molar-refractivity contribution in [3.63, 3.8) is 0 Å². The van der Waals surface area contributed by atoms with E-state index in [0.717, 1.165) is 5.56 Å². The maximum Gasteiger partial charge on any atom is 0.296 e. The van der Waals surface area contributed by atoms with E-state index in [2.05, 4.69) is 4.98 Å². The van der Waals surface area contributed by atoms with Crippen LogP contribution in [-0.2, 0) is 16.1 Å². The third-order valence-electron chi connectivity index (χ3n) is 5.96. The van der Waals surface area contributed by atoms with Crippen LogP contribution in [0.3, 0.4) is 0 Å². The number of furan rings is 1. The van der Waals surface area contributed by atoms with E-state index >= 15 is 0 Å². The molecule has 2 N–H and O–H groups in total. The molecule has 1 aliphatic rings. The number of carbonyl (C=O) groups is 2. The molecule has 1 aromatic carbocycles. The van der Waals surface area contributed by atoms with Gasteiger partial charge in [-0.3, -0.25) is 9.59 Å². The van der Waals surface area contributed by atoms with Crippen LogP contribution in [0, 0.1) is 13.8 Å². The molecule has 1 amide bonds. The fourth-order valence-electron chi connectivity index (χ4n) is 4.29. The quantitative estimate of drug-likeness (QED) is 0.282. The molecule has 4 aromatic rings. The molecule has 1 fully saturated rings. The van der Waals surface area contributed by atoms with Gasteiger partial charge in [-0.2, -0.15) is 0 Å². The summed E-state index contributed by atoms with van der Waals surface area (Å²) >= 11 is 0. The second kappa shape index (κ2) is 7.67. The van der Waals surface area contributed by atoms with Crippen LogP contribution in [0.1, 0.15) is 34.3 Å². The Morgan fingerprint density at radius 1 is 1.09 bits per heavy atom. The molecule has 0 spiro atoms. The number of aliphatic hydroxyl groups is 1. The minimum absolute atomic E-state index is 0.0448. The molecule has 0 saturated carbocycles. The third-order valence-corrected chi connectivity index (χ3v) is 5.96. The van der Waals surface area contributed by atoms with E-state index < -0.39 is 17.7 Å². The number of imidazole rings is 1. The zero-order valence-corrected chi connectivity index (χ0v) is 18.0. The lowest BCUT2D eigenvalue weighted by Crippen LogP contribution is -2.29. The van der Waals surface area contributed by atoms with Crippen LogP contribution >= 0.6 is 0 Å². The summed E-state index contributed by atoms with van der Waals surface area (Å²) in [7, 11) is 0. The number of carbonyl (C=O) groups excluding carboxylic acids is 2. The fraction of sp³-hybridized carbons (Fsp3) is 0.160. The highest BCUT2D eigenvalue weighted by Crippen LogP contribution is 2.41. The van der Waals surface area contributed by atoms with Crippen LogP contribution < -0.4 is 0 Å². The van der Waals surface area contributed by atoms with E-state index in [9.17, 15) is 19.8 Å². The summed E-state index contributed by atoms with van der Waals surface area (Å²) in [5.74, 6) is -1.34. The molecular formula is C25H21N3O5. The molecule has 8 heteroatoms. The lowest BCUT2D eigenvalue weighted by Gasteiger charge is -2.24. The summed E-state index contributed by atoms with van der Waals surface area (Å²) in [6.07, 6.45) is 3.32. The number of aryl methyl sites for hydroxylation is 2. The Morgan fingerprint density at radius 2 is 1.85 bits per heavy atom. The Balaban J connectivity index is 1.71. The molecule has 0 aliphatic carbocycles. The third kappa shape index (κ3) is 3.27. The normalized spacial score (nSPS) is 17.9. The average Bonchev–Trinajstić information content (AvgIpc) is 3.49. The van der Waals surface area contributed by atoms with Gasteiger partial charge < -0.3 is 23.9 Å². The number of amides is 1. The smallest absolute Gasteiger partial charge is 0.296 e. The van der Waals surface area contributed by atoms with Crippen molar-refractivity contribution in [3.8, 4) is 5.75 Å². The number of likely N-dealkylation sites (tertiary alicyclic amines) is 1. The number of pyridine rings is 1. The molecule has 4 heterocycles. The first-order chi connectivity index (χ1) is 15.9. The van der Waals surface area contributed by atoms with Crippen LogP contribution in [0.15, 0.2) is 71.0 Å². The highest BCUT2D eigenvalue weighted by atomic mass is 16.3. The molecule has 1 unspecified atom stereocenters. The van der Waals surface area contributed by atoms with E-state index in [1.807, 2.05) is 29.7 Å². The summed E-state index contributed by atoms with van der Waals surface area (Å²) < 4.78 is 7.23. The standard InChI is InChI=1S/C25H21N3O5/c1-14-5-3-11-27-15(2)20(26-24(14)27)22(30)19-21(16-7-9-17(29)10-8-16)28(25(32)23(19)31)13-18-6-4-12-33-18/h3-12,21,29-30H,13H2,1-2H3/b22-19+. The van der Waals surface area contributed by atoms with Crippen LogP contribution in [0.25, 0.3) is 11.4 Å². The van der Waals surface area contributed by atoms with Crippen molar-refractivity contribution < 1.29 is 24.2 Å². The van der Waals surface area contributed by atoms with E-state index in [0.29, 0.717) is 22.7 Å². The topological polar surface area (TPSA) is 108 Å². The lowest BCUT2D eigenvalue weighted by molar-refractivity contribution is -0.140. The lowest BCUT2D eigenvalue weighted by atomic mass is 9.96. The maximum atomic E-state index is 13.2. The molecule has 1 saturated heterocycles.